The summed E-state index contributed by atoms with van der Waals surface area (Å²) in [6.07, 6.45) is 3.55. The molecule has 0 radical (unpaired) electrons. The van der Waals surface area contributed by atoms with Crippen molar-refractivity contribution in [2.24, 2.45) is 0 Å². The maximum atomic E-state index is 13.0. The van der Waals surface area contributed by atoms with Gasteiger partial charge in [-0.25, -0.2) is 9.78 Å². The number of amides is 3. The van der Waals surface area contributed by atoms with Crippen LogP contribution in [0.5, 0.6) is 0 Å². The fraction of sp³-hybridized carbons (Fsp3) is 0.588. The molecule has 3 amide bonds. The van der Waals surface area contributed by atoms with Gasteiger partial charge < -0.3 is 20.4 Å². The number of hydrogen-bond donors (Lipinski definition) is 2. The highest BCUT2D eigenvalue weighted by molar-refractivity contribution is 5.98. The molecule has 1 aromatic heterocycles. The van der Waals surface area contributed by atoms with Gasteiger partial charge in [-0.1, -0.05) is 0 Å². The van der Waals surface area contributed by atoms with Gasteiger partial charge in [0.2, 0.25) is 0 Å². The highest BCUT2D eigenvalue weighted by Crippen LogP contribution is 2.22. The minimum atomic E-state index is -0.0180. The van der Waals surface area contributed by atoms with E-state index in [4.69, 9.17) is 0 Å². The van der Waals surface area contributed by atoms with Gasteiger partial charge in [-0.3, -0.25) is 4.79 Å². The molecule has 2 N–H and O–H groups in total. The first-order valence-corrected chi connectivity index (χ1v) is 8.61. The lowest BCUT2D eigenvalue weighted by atomic mass is 10.0. The summed E-state index contributed by atoms with van der Waals surface area (Å²) < 4.78 is 0. The van der Waals surface area contributed by atoms with Gasteiger partial charge in [-0.2, -0.15) is 0 Å². The Labute approximate surface area is 142 Å². The molecule has 2 aliphatic heterocycles. The highest BCUT2D eigenvalue weighted by Gasteiger charge is 2.33. The number of pyridine rings is 1. The van der Waals surface area contributed by atoms with Crippen LogP contribution in [0, 0.1) is 0 Å². The molecule has 130 valence electrons. The second-order valence-corrected chi connectivity index (χ2v) is 6.67. The van der Waals surface area contributed by atoms with E-state index in [1.807, 2.05) is 29.7 Å². The van der Waals surface area contributed by atoms with Crippen molar-refractivity contribution in [3.8, 4) is 0 Å². The van der Waals surface area contributed by atoms with Crippen molar-refractivity contribution in [2.45, 2.75) is 38.8 Å². The fourth-order valence-corrected chi connectivity index (χ4v) is 3.37. The van der Waals surface area contributed by atoms with Gasteiger partial charge in [0, 0.05) is 38.4 Å². The molecule has 1 aromatic rings. The van der Waals surface area contributed by atoms with Crippen LogP contribution in [0.3, 0.4) is 0 Å². The van der Waals surface area contributed by atoms with Crippen molar-refractivity contribution >= 4 is 17.8 Å². The van der Waals surface area contributed by atoms with Crippen LogP contribution in [-0.2, 0) is 0 Å². The molecule has 3 heterocycles. The lowest BCUT2D eigenvalue weighted by molar-refractivity contribution is 0.0635. The van der Waals surface area contributed by atoms with Gasteiger partial charge in [0.1, 0.15) is 5.82 Å². The molecular formula is C17H25N5O2. The van der Waals surface area contributed by atoms with E-state index in [2.05, 4.69) is 15.6 Å². The van der Waals surface area contributed by atoms with E-state index in [0.717, 1.165) is 25.9 Å². The topological polar surface area (TPSA) is 77.6 Å². The van der Waals surface area contributed by atoms with Crippen molar-refractivity contribution in [1.82, 2.24) is 20.1 Å². The highest BCUT2D eigenvalue weighted by atomic mass is 16.2. The molecule has 0 spiro atoms. The van der Waals surface area contributed by atoms with Crippen LogP contribution in [0.25, 0.3) is 0 Å². The Morgan fingerprint density at radius 1 is 1.42 bits per heavy atom. The second kappa shape index (κ2) is 7.07. The van der Waals surface area contributed by atoms with Crippen LogP contribution in [0.4, 0.5) is 10.6 Å². The number of aromatic nitrogens is 1. The molecule has 0 aliphatic carbocycles. The standard InChI is InChI=1S/C17H25N5O2/c1-12(2)20-15-14(6-3-7-18-15)16(23)21-9-4-5-13(11-21)22-10-8-19-17(22)24/h3,6-7,12-13H,4-5,8-11H2,1-2H3,(H,18,20)(H,19,24). The maximum absolute atomic E-state index is 13.0. The number of likely N-dealkylation sites (tertiary alicyclic amines) is 1. The number of urea groups is 1. The summed E-state index contributed by atoms with van der Waals surface area (Å²) in [7, 11) is 0. The molecule has 0 bridgehead atoms. The van der Waals surface area contributed by atoms with Crippen LogP contribution in [-0.4, -0.2) is 65.0 Å². The molecule has 0 aromatic carbocycles. The zero-order chi connectivity index (χ0) is 17.1. The molecule has 7 heteroatoms. The summed E-state index contributed by atoms with van der Waals surface area (Å²) in [4.78, 5) is 32.9. The Balaban J connectivity index is 1.74. The second-order valence-electron chi connectivity index (χ2n) is 6.67. The molecule has 24 heavy (non-hydrogen) atoms. The number of carbonyl (C=O) groups excluding carboxylic acids is 2. The third-order valence-electron chi connectivity index (χ3n) is 4.48. The number of rotatable bonds is 4. The van der Waals surface area contributed by atoms with Gasteiger partial charge in [0.25, 0.3) is 5.91 Å². The molecule has 1 atom stereocenters. The molecular weight excluding hydrogens is 306 g/mol. The minimum absolute atomic E-state index is 0.0159. The predicted molar refractivity (Wildman–Crippen MR) is 92.0 cm³/mol. The molecule has 2 saturated heterocycles. The largest absolute Gasteiger partial charge is 0.367 e. The van der Waals surface area contributed by atoms with E-state index in [1.54, 1.807) is 12.3 Å². The van der Waals surface area contributed by atoms with Gasteiger partial charge in [0.05, 0.1) is 11.6 Å². The minimum Gasteiger partial charge on any atom is -0.367 e. The van der Waals surface area contributed by atoms with Crippen LogP contribution in [0.15, 0.2) is 18.3 Å². The molecule has 0 saturated carbocycles. The van der Waals surface area contributed by atoms with Crippen molar-refractivity contribution in [3.05, 3.63) is 23.9 Å². The number of hydrogen-bond acceptors (Lipinski definition) is 4. The van der Waals surface area contributed by atoms with E-state index in [9.17, 15) is 9.59 Å². The van der Waals surface area contributed by atoms with Gasteiger partial charge in [-0.15, -0.1) is 0 Å². The number of anilines is 1. The first kappa shape index (κ1) is 16.5. The number of nitrogens with zero attached hydrogens (tertiary/aromatic N) is 3. The smallest absolute Gasteiger partial charge is 0.317 e. The van der Waals surface area contributed by atoms with Crippen LogP contribution in [0.2, 0.25) is 0 Å². The molecule has 3 rings (SSSR count). The first-order valence-electron chi connectivity index (χ1n) is 8.61. The summed E-state index contributed by atoms with van der Waals surface area (Å²) in [5.74, 6) is 0.606. The average molecular weight is 331 g/mol. The van der Waals surface area contributed by atoms with E-state index in [-0.39, 0.29) is 24.0 Å². The first-order chi connectivity index (χ1) is 11.6. The quantitative estimate of drug-likeness (QED) is 0.877. The molecule has 2 fully saturated rings. The Morgan fingerprint density at radius 2 is 2.25 bits per heavy atom. The summed E-state index contributed by atoms with van der Waals surface area (Å²) in [5.41, 5.74) is 0.595. The van der Waals surface area contributed by atoms with Crippen molar-refractivity contribution in [2.75, 3.05) is 31.5 Å². The molecule has 1 unspecified atom stereocenters. The van der Waals surface area contributed by atoms with Crippen molar-refractivity contribution in [1.29, 1.82) is 0 Å². The Hall–Kier alpha value is -2.31. The molecule has 7 nitrogen and oxygen atoms in total. The number of carbonyl (C=O) groups is 2. The van der Waals surface area contributed by atoms with Gasteiger partial charge in [-0.05, 0) is 38.8 Å². The van der Waals surface area contributed by atoms with Gasteiger partial charge in [0.15, 0.2) is 0 Å². The lowest BCUT2D eigenvalue weighted by Gasteiger charge is -2.37. The van der Waals surface area contributed by atoms with Crippen molar-refractivity contribution in [3.63, 3.8) is 0 Å². The summed E-state index contributed by atoms with van der Waals surface area (Å²) in [6.45, 7) is 6.76. The number of piperidine rings is 1. The SMILES string of the molecule is CC(C)Nc1ncccc1C(=O)N1CCCC(N2CCNC2=O)C1. The summed E-state index contributed by atoms with van der Waals surface area (Å²) >= 11 is 0. The fourth-order valence-electron chi connectivity index (χ4n) is 3.37. The van der Waals surface area contributed by atoms with E-state index < -0.39 is 0 Å². The predicted octanol–water partition coefficient (Wildman–Crippen LogP) is 1.53. The van der Waals surface area contributed by atoms with E-state index >= 15 is 0 Å². The number of nitrogens with one attached hydrogen (secondary N) is 2. The molecule has 2 aliphatic rings. The van der Waals surface area contributed by atoms with Crippen LogP contribution >= 0.6 is 0 Å². The van der Waals surface area contributed by atoms with Crippen LogP contribution < -0.4 is 10.6 Å². The van der Waals surface area contributed by atoms with E-state index in [1.165, 1.54) is 0 Å². The Kier molecular flexibility index (Phi) is 4.87. The van der Waals surface area contributed by atoms with E-state index in [0.29, 0.717) is 24.5 Å². The summed E-state index contributed by atoms with van der Waals surface area (Å²) in [5, 5.41) is 6.07. The monoisotopic (exact) mass is 331 g/mol. The third kappa shape index (κ3) is 3.44. The zero-order valence-corrected chi connectivity index (χ0v) is 14.3. The zero-order valence-electron chi connectivity index (χ0n) is 14.3. The Bertz CT molecular complexity index is 619. The maximum Gasteiger partial charge on any atom is 0.317 e. The van der Waals surface area contributed by atoms with Crippen LogP contribution in [0.1, 0.15) is 37.0 Å². The lowest BCUT2D eigenvalue weighted by Crippen LogP contribution is -2.50. The summed E-state index contributed by atoms with van der Waals surface area (Å²) in [6, 6.07) is 3.88. The average Bonchev–Trinajstić information content (AvgIpc) is 3.00. The normalized spacial score (nSPS) is 21.1. The van der Waals surface area contributed by atoms with Crippen molar-refractivity contribution < 1.29 is 9.59 Å². The Morgan fingerprint density at radius 3 is 2.96 bits per heavy atom. The third-order valence-corrected chi connectivity index (χ3v) is 4.48. The van der Waals surface area contributed by atoms with Gasteiger partial charge >= 0.3 is 6.03 Å².